The molecule has 0 aromatic heterocycles. The fourth-order valence-corrected chi connectivity index (χ4v) is 3.98. The van der Waals surface area contributed by atoms with Crippen LogP contribution in [0.1, 0.15) is 24.0 Å². The van der Waals surface area contributed by atoms with E-state index in [2.05, 4.69) is 11.4 Å². The van der Waals surface area contributed by atoms with Gasteiger partial charge in [0, 0.05) is 37.7 Å². The Balaban J connectivity index is 1.51. The van der Waals surface area contributed by atoms with Gasteiger partial charge in [0.2, 0.25) is 5.91 Å². The van der Waals surface area contributed by atoms with Gasteiger partial charge in [-0.25, -0.2) is 4.39 Å². The predicted octanol–water partition coefficient (Wildman–Crippen LogP) is 2.49. The van der Waals surface area contributed by atoms with Crippen LogP contribution in [0.5, 0.6) is 5.75 Å². The molecule has 1 amide bonds. The lowest BCUT2D eigenvalue weighted by Gasteiger charge is -2.32. The molecular formula is C23H24FN3O3. The Morgan fingerprint density at radius 3 is 2.73 bits per heavy atom. The normalized spacial score (nSPS) is 18.0. The summed E-state index contributed by atoms with van der Waals surface area (Å²) in [6.45, 7) is 1.34. The maximum atomic E-state index is 13.6. The standard InChI is InChI=1S/C23H24FN3O3/c24-17-2-4-20-19-3-1-15(11-16(19)5-8-30-21(20)13-17)12-18(14-25)27-22(28)23(26)6-9-29-10-7-23/h1-4,11,13,18H,5-10,12,26H2,(H,27,28). The summed E-state index contributed by atoms with van der Waals surface area (Å²) in [6.07, 6.45) is 1.93. The van der Waals surface area contributed by atoms with E-state index in [1.165, 1.54) is 12.1 Å². The summed E-state index contributed by atoms with van der Waals surface area (Å²) < 4.78 is 24.5. The second-order valence-electron chi connectivity index (χ2n) is 7.86. The SMILES string of the molecule is N#CC(Cc1ccc2c(c1)CCOc1cc(F)ccc1-2)NC(=O)C1(N)CCOCC1. The average Bonchev–Trinajstić information content (AvgIpc) is 2.92. The molecule has 2 heterocycles. The molecule has 2 aliphatic rings. The third kappa shape index (κ3) is 4.16. The molecule has 156 valence electrons. The van der Waals surface area contributed by atoms with Gasteiger partial charge < -0.3 is 20.5 Å². The van der Waals surface area contributed by atoms with E-state index in [9.17, 15) is 14.4 Å². The minimum absolute atomic E-state index is 0.309. The largest absolute Gasteiger partial charge is 0.492 e. The number of halogens is 1. The summed E-state index contributed by atoms with van der Waals surface area (Å²) in [6, 6.07) is 12.0. The van der Waals surface area contributed by atoms with Crippen LogP contribution in [0, 0.1) is 17.1 Å². The monoisotopic (exact) mass is 409 g/mol. The van der Waals surface area contributed by atoms with Crippen LogP contribution in [0.15, 0.2) is 36.4 Å². The highest BCUT2D eigenvalue weighted by molar-refractivity contribution is 5.86. The smallest absolute Gasteiger partial charge is 0.241 e. The molecule has 1 atom stereocenters. The number of carbonyl (C=O) groups is 1. The molecule has 1 unspecified atom stereocenters. The first kappa shape index (κ1) is 20.3. The van der Waals surface area contributed by atoms with Crippen molar-refractivity contribution in [3.63, 3.8) is 0 Å². The molecule has 6 nitrogen and oxygen atoms in total. The Morgan fingerprint density at radius 1 is 1.20 bits per heavy atom. The number of benzene rings is 2. The van der Waals surface area contributed by atoms with Gasteiger partial charge in [0.15, 0.2) is 0 Å². The van der Waals surface area contributed by atoms with Gasteiger partial charge in [-0.15, -0.1) is 0 Å². The van der Waals surface area contributed by atoms with E-state index in [0.29, 0.717) is 51.3 Å². The van der Waals surface area contributed by atoms with Crippen LogP contribution in [0.3, 0.4) is 0 Å². The summed E-state index contributed by atoms with van der Waals surface area (Å²) in [5.41, 5.74) is 9.08. The topological polar surface area (TPSA) is 97.4 Å². The summed E-state index contributed by atoms with van der Waals surface area (Å²) in [5.74, 6) is -0.103. The predicted molar refractivity (Wildman–Crippen MR) is 109 cm³/mol. The minimum atomic E-state index is -0.989. The first-order chi connectivity index (χ1) is 14.5. The van der Waals surface area contributed by atoms with Crippen molar-refractivity contribution in [1.82, 2.24) is 5.32 Å². The zero-order chi connectivity index (χ0) is 21.1. The first-order valence-corrected chi connectivity index (χ1v) is 10.1. The number of carbonyl (C=O) groups excluding carboxylic acids is 1. The van der Waals surface area contributed by atoms with Crippen molar-refractivity contribution in [2.24, 2.45) is 5.73 Å². The molecular weight excluding hydrogens is 385 g/mol. The molecule has 0 spiro atoms. The van der Waals surface area contributed by atoms with Crippen molar-refractivity contribution < 1.29 is 18.7 Å². The highest BCUT2D eigenvalue weighted by Gasteiger charge is 2.36. The Kier molecular flexibility index (Phi) is 5.71. The molecule has 2 aliphatic heterocycles. The molecule has 4 rings (SSSR count). The lowest BCUT2D eigenvalue weighted by molar-refractivity contribution is -0.130. The van der Waals surface area contributed by atoms with Gasteiger partial charge >= 0.3 is 0 Å². The van der Waals surface area contributed by atoms with Gasteiger partial charge in [0.25, 0.3) is 0 Å². The van der Waals surface area contributed by atoms with Crippen molar-refractivity contribution >= 4 is 5.91 Å². The van der Waals surface area contributed by atoms with Crippen LogP contribution in [0.4, 0.5) is 4.39 Å². The first-order valence-electron chi connectivity index (χ1n) is 10.1. The van der Waals surface area contributed by atoms with E-state index in [1.54, 1.807) is 6.07 Å². The molecule has 0 aliphatic carbocycles. The number of nitrogens with one attached hydrogen (secondary N) is 1. The molecule has 7 heteroatoms. The van der Waals surface area contributed by atoms with Gasteiger partial charge in [0.05, 0.1) is 18.2 Å². The molecule has 0 radical (unpaired) electrons. The molecule has 1 fully saturated rings. The number of fused-ring (bicyclic) bond motifs is 3. The fraction of sp³-hybridized carbons (Fsp3) is 0.391. The number of hydrogen-bond donors (Lipinski definition) is 2. The van der Waals surface area contributed by atoms with Gasteiger partial charge in [-0.3, -0.25) is 4.79 Å². The van der Waals surface area contributed by atoms with E-state index >= 15 is 0 Å². The highest BCUT2D eigenvalue weighted by Crippen LogP contribution is 2.36. The summed E-state index contributed by atoms with van der Waals surface area (Å²) in [4.78, 5) is 12.6. The van der Waals surface area contributed by atoms with Crippen LogP contribution in [-0.4, -0.2) is 37.3 Å². The maximum Gasteiger partial charge on any atom is 0.241 e. The third-order valence-corrected chi connectivity index (χ3v) is 5.77. The number of ether oxygens (including phenoxy) is 2. The highest BCUT2D eigenvalue weighted by atomic mass is 19.1. The molecule has 2 aromatic carbocycles. The fourth-order valence-electron chi connectivity index (χ4n) is 3.98. The number of rotatable bonds is 4. The minimum Gasteiger partial charge on any atom is -0.492 e. The van der Waals surface area contributed by atoms with Crippen molar-refractivity contribution in [2.45, 2.75) is 37.3 Å². The molecule has 0 bridgehead atoms. The Hall–Kier alpha value is -2.95. The second kappa shape index (κ2) is 8.42. The van der Waals surface area contributed by atoms with Gasteiger partial charge in [-0.1, -0.05) is 18.2 Å². The maximum absolute atomic E-state index is 13.6. The third-order valence-electron chi connectivity index (χ3n) is 5.77. The van der Waals surface area contributed by atoms with Crippen LogP contribution >= 0.6 is 0 Å². The van der Waals surface area contributed by atoms with E-state index < -0.39 is 11.6 Å². The molecule has 1 saturated heterocycles. The lowest BCUT2D eigenvalue weighted by atomic mass is 9.89. The van der Waals surface area contributed by atoms with E-state index in [1.807, 2.05) is 18.2 Å². The number of nitrogens with zero attached hydrogens (tertiary/aromatic N) is 1. The molecule has 3 N–H and O–H groups in total. The quantitative estimate of drug-likeness (QED) is 0.809. The Morgan fingerprint density at radius 2 is 1.97 bits per heavy atom. The number of hydrogen-bond acceptors (Lipinski definition) is 5. The molecule has 2 aromatic rings. The molecule has 0 saturated carbocycles. The number of nitrogens with two attached hydrogens (primary N) is 1. The van der Waals surface area contributed by atoms with Gasteiger partial charge in [-0.05, 0) is 41.7 Å². The zero-order valence-corrected chi connectivity index (χ0v) is 16.6. The van der Waals surface area contributed by atoms with Crippen LogP contribution < -0.4 is 15.8 Å². The van der Waals surface area contributed by atoms with Crippen LogP contribution in [0.25, 0.3) is 11.1 Å². The van der Waals surface area contributed by atoms with Crippen LogP contribution in [0.2, 0.25) is 0 Å². The zero-order valence-electron chi connectivity index (χ0n) is 16.6. The van der Waals surface area contributed by atoms with Crippen molar-refractivity contribution in [3.8, 4) is 22.9 Å². The summed E-state index contributed by atoms with van der Waals surface area (Å²) in [5, 5.41) is 12.4. The second-order valence-corrected chi connectivity index (χ2v) is 7.86. The summed E-state index contributed by atoms with van der Waals surface area (Å²) in [7, 11) is 0. The Labute approximate surface area is 174 Å². The van der Waals surface area contributed by atoms with Crippen molar-refractivity contribution in [3.05, 3.63) is 53.3 Å². The summed E-state index contributed by atoms with van der Waals surface area (Å²) >= 11 is 0. The van der Waals surface area contributed by atoms with Crippen LogP contribution in [-0.2, 0) is 22.4 Å². The van der Waals surface area contributed by atoms with E-state index in [4.69, 9.17) is 15.2 Å². The van der Waals surface area contributed by atoms with Crippen molar-refractivity contribution in [1.29, 1.82) is 5.26 Å². The lowest BCUT2D eigenvalue weighted by Crippen LogP contribution is -2.58. The van der Waals surface area contributed by atoms with Crippen molar-refractivity contribution in [2.75, 3.05) is 19.8 Å². The number of nitriles is 1. The van der Waals surface area contributed by atoms with Gasteiger partial charge in [-0.2, -0.15) is 5.26 Å². The van der Waals surface area contributed by atoms with Gasteiger partial charge in [0.1, 0.15) is 17.6 Å². The Bertz CT molecular complexity index is 996. The molecule has 30 heavy (non-hydrogen) atoms. The van der Waals surface area contributed by atoms with E-state index in [0.717, 1.165) is 22.3 Å². The van der Waals surface area contributed by atoms with E-state index in [-0.39, 0.29) is 11.7 Å². The number of amides is 1. The average molecular weight is 409 g/mol.